The third-order valence-corrected chi connectivity index (χ3v) is 7.33. The molecule has 4 nitrogen and oxygen atoms in total. The lowest BCUT2D eigenvalue weighted by Crippen LogP contribution is -2.39. The van der Waals surface area contributed by atoms with Crippen LogP contribution in [0.2, 0.25) is 10.0 Å². The number of benzene rings is 1. The van der Waals surface area contributed by atoms with Crippen LogP contribution in [0, 0.1) is 0 Å². The minimum Gasteiger partial charge on any atom is -0.248 e. The molecule has 1 aliphatic heterocycles. The highest BCUT2D eigenvalue weighted by atomic mass is 35.5. The summed E-state index contributed by atoms with van der Waals surface area (Å²) in [5.74, 6) is -0.187. The van der Waals surface area contributed by atoms with Gasteiger partial charge in [0.1, 0.15) is 5.01 Å². The molecule has 1 aromatic carbocycles. The summed E-state index contributed by atoms with van der Waals surface area (Å²) in [4.78, 5) is 4.31. The van der Waals surface area contributed by atoms with Crippen molar-refractivity contribution in [3.05, 3.63) is 50.4 Å². The molecule has 3 rings (SSSR count). The Bertz CT molecular complexity index is 759. The molecule has 1 fully saturated rings. The Balaban J connectivity index is 1.91. The minimum atomic E-state index is -3.53. The molecule has 1 aromatic heterocycles. The maximum Gasteiger partial charge on any atom is 0.219 e. The lowest BCUT2D eigenvalue weighted by atomic mass is 10.1. The van der Waals surface area contributed by atoms with Gasteiger partial charge in [0.25, 0.3) is 0 Å². The maximum absolute atomic E-state index is 13.0. The molecule has 0 unspecified atom stereocenters. The van der Waals surface area contributed by atoms with Crippen LogP contribution in [0.1, 0.15) is 35.9 Å². The molecule has 8 heteroatoms. The van der Waals surface area contributed by atoms with E-state index in [4.69, 9.17) is 23.2 Å². The van der Waals surface area contributed by atoms with E-state index in [1.165, 1.54) is 11.3 Å². The van der Waals surface area contributed by atoms with Crippen molar-refractivity contribution in [2.45, 2.75) is 31.1 Å². The highest BCUT2D eigenvalue weighted by Gasteiger charge is 2.35. The Morgan fingerprint density at radius 3 is 2.65 bits per heavy atom. The van der Waals surface area contributed by atoms with Crippen molar-refractivity contribution in [3.8, 4) is 0 Å². The van der Waals surface area contributed by atoms with Crippen LogP contribution in [-0.2, 0) is 15.8 Å². The highest BCUT2D eigenvalue weighted by molar-refractivity contribution is 7.88. The van der Waals surface area contributed by atoms with E-state index < -0.39 is 10.0 Å². The molecule has 2 aromatic rings. The normalized spacial score (nSPS) is 19.8. The van der Waals surface area contributed by atoms with Gasteiger partial charge in [0, 0.05) is 33.7 Å². The van der Waals surface area contributed by atoms with E-state index >= 15 is 0 Å². The van der Waals surface area contributed by atoms with Gasteiger partial charge in [-0.3, -0.25) is 0 Å². The van der Waals surface area contributed by atoms with E-state index in [1.54, 1.807) is 28.7 Å². The standard InChI is InChI=1S/C15H16Cl2N2O2S2/c16-12-4-3-5-13(17)11(12)10-23(20,21)19-8-2-1-6-14(19)15-18-7-9-22-15/h3-5,7,9,14H,1-2,6,8,10H2/t14-/m0/s1. The van der Waals surface area contributed by atoms with E-state index in [2.05, 4.69) is 4.98 Å². The molecule has 1 atom stereocenters. The zero-order chi connectivity index (χ0) is 16.4. The maximum atomic E-state index is 13.0. The molecule has 2 heterocycles. The summed E-state index contributed by atoms with van der Waals surface area (Å²) in [6.07, 6.45) is 4.37. The van der Waals surface area contributed by atoms with Crippen LogP contribution in [0.3, 0.4) is 0 Å². The molecule has 0 radical (unpaired) electrons. The molecular weight excluding hydrogens is 375 g/mol. The molecule has 0 saturated carbocycles. The van der Waals surface area contributed by atoms with Crippen molar-refractivity contribution in [2.24, 2.45) is 0 Å². The molecular formula is C15H16Cl2N2O2S2. The highest BCUT2D eigenvalue weighted by Crippen LogP contribution is 2.36. The largest absolute Gasteiger partial charge is 0.248 e. The molecule has 0 spiro atoms. The Morgan fingerprint density at radius 2 is 2.00 bits per heavy atom. The fourth-order valence-electron chi connectivity index (χ4n) is 2.82. The number of sulfonamides is 1. The molecule has 0 amide bonds. The average Bonchev–Trinajstić information content (AvgIpc) is 3.05. The zero-order valence-electron chi connectivity index (χ0n) is 12.3. The lowest BCUT2D eigenvalue weighted by molar-refractivity contribution is 0.255. The smallest absolute Gasteiger partial charge is 0.219 e. The monoisotopic (exact) mass is 390 g/mol. The molecule has 0 aliphatic carbocycles. The van der Waals surface area contributed by atoms with E-state index in [0.29, 0.717) is 22.2 Å². The third-order valence-electron chi connectivity index (χ3n) is 3.94. The summed E-state index contributed by atoms with van der Waals surface area (Å²) < 4.78 is 27.5. The number of aromatic nitrogens is 1. The van der Waals surface area contributed by atoms with Gasteiger partial charge in [-0.2, -0.15) is 4.31 Å². The topological polar surface area (TPSA) is 50.3 Å². The quantitative estimate of drug-likeness (QED) is 0.771. The van der Waals surface area contributed by atoms with Gasteiger partial charge in [0.05, 0.1) is 11.8 Å². The van der Waals surface area contributed by atoms with Crippen molar-refractivity contribution in [2.75, 3.05) is 6.54 Å². The van der Waals surface area contributed by atoms with Crippen LogP contribution < -0.4 is 0 Å². The van der Waals surface area contributed by atoms with Gasteiger partial charge in [-0.25, -0.2) is 13.4 Å². The van der Waals surface area contributed by atoms with Crippen LogP contribution in [-0.4, -0.2) is 24.3 Å². The first-order chi connectivity index (χ1) is 11.0. The third kappa shape index (κ3) is 3.72. The Hall–Kier alpha value is -0.660. The first-order valence-corrected chi connectivity index (χ1v) is 10.6. The number of thiazole rings is 1. The van der Waals surface area contributed by atoms with Crippen molar-refractivity contribution in [3.63, 3.8) is 0 Å². The number of nitrogens with zero attached hydrogens (tertiary/aromatic N) is 2. The molecule has 124 valence electrons. The number of hydrogen-bond donors (Lipinski definition) is 0. The summed E-state index contributed by atoms with van der Waals surface area (Å²) in [6.45, 7) is 0.509. The van der Waals surface area contributed by atoms with Crippen molar-refractivity contribution in [1.82, 2.24) is 9.29 Å². The van der Waals surface area contributed by atoms with Crippen molar-refractivity contribution < 1.29 is 8.42 Å². The fourth-order valence-corrected chi connectivity index (χ4v) is 6.20. The summed E-state index contributed by atoms with van der Waals surface area (Å²) in [5, 5.41) is 3.48. The minimum absolute atomic E-state index is 0.185. The SMILES string of the molecule is O=S(=O)(Cc1c(Cl)cccc1Cl)N1CCCC[C@H]1c1nccs1. The van der Waals surface area contributed by atoms with E-state index in [1.807, 2.05) is 5.38 Å². The predicted molar refractivity (Wildman–Crippen MR) is 94.5 cm³/mol. The second-order valence-corrected chi connectivity index (χ2v) is 9.11. The number of halogens is 2. The number of piperidine rings is 1. The van der Waals surface area contributed by atoms with Crippen LogP contribution in [0.25, 0.3) is 0 Å². The van der Waals surface area contributed by atoms with E-state index in [9.17, 15) is 8.42 Å². The number of rotatable bonds is 4. The van der Waals surface area contributed by atoms with Gasteiger partial charge in [-0.15, -0.1) is 11.3 Å². The number of hydrogen-bond acceptors (Lipinski definition) is 4. The zero-order valence-corrected chi connectivity index (χ0v) is 15.4. The van der Waals surface area contributed by atoms with E-state index in [0.717, 1.165) is 24.3 Å². The fraction of sp³-hybridized carbons (Fsp3) is 0.400. The first kappa shape index (κ1) is 17.2. The van der Waals surface area contributed by atoms with Gasteiger partial charge in [-0.1, -0.05) is 35.7 Å². The van der Waals surface area contributed by atoms with Gasteiger partial charge < -0.3 is 0 Å². The van der Waals surface area contributed by atoms with Gasteiger partial charge >= 0.3 is 0 Å². The average molecular weight is 391 g/mol. The van der Waals surface area contributed by atoms with Crippen molar-refractivity contribution in [1.29, 1.82) is 0 Å². The predicted octanol–water partition coefficient (Wildman–Crippen LogP) is 4.51. The van der Waals surface area contributed by atoms with Gasteiger partial charge in [0.15, 0.2) is 0 Å². The second-order valence-electron chi connectivity index (χ2n) is 5.45. The van der Waals surface area contributed by atoms with Crippen LogP contribution in [0.15, 0.2) is 29.8 Å². The first-order valence-electron chi connectivity index (χ1n) is 7.31. The molecule has 1 saturated heterocycles. The molecule has 23 heavy (non-hydrogen) atoms. The summed E-state index contributed by atoms with van der Waals surface area (Å²) in [6, 6.07) is 4.84. The Labute approximate surface area is 150 Å². The second kappa shape index (κ2) is 7.07. The summed E-state index contributed by atoms with van der Waals surface area (Å²) in [7, 11) is -3.53. The van der Waals surface area contributed by atoms with E-state index in [-0.39, 0.29) is 11.8 Å². The van der Waals surface area contributed by atoms with Crippen LogP contribution in [0.4, 0.5) is 0 Å². The summed E-state index contributed by atoms with van der Waals surface area (Å²) >= 11 is 13.8. The van der Waals surface area contributed by atoms with Crippen LogP contribution in [0.5, 0.6) is 0 Å². The molecule has 0 bridgehead atoms. The Morgan fingerprint density at radius 1 is 1.26 bits per heavy atom. The van der Waals surface area contributed by atoms with Gasteiger partial charge in [0.2, 0.25) is 10.0 Å². The lowest BCUT2D eigenvalue weighted by Gasteiger charge is -2.33. The molecule has 0 N–H and O–H groups in total. The summed E-state index contributed by atoms with van der Waals surface area (Å²) in [5.41, 5.74) is 0.458. The van der Waals surface area contributed by atoms with Crippen molar-refractivity contribution >= 4 is 44.6 Å². The molecule has 1 aliphatic rings. The van der Waals surface area contributed by atoms with Crippen LogP contribution >= 0.6 is 34.5 Å². The Kier molecular flexibility index (Phi) is 5.28. The van der Waals surface area contributed by atoms with Gasteiger partial charge in [-0.05, 0) is 25.0 Å².